The zero-order valence-electron chi connectivity index (χ0n) is 23.2. The van der Waals surface area contributed by atoms with Crippen molar-refractivity contribution in [1.82, 2.24) is 0 Å². The molecule has 0 fully saturated rings. The number of rotatable bonds is 14. The van der Waals surface area contributed by atoms with Crippen molar-refractivity contribution in [2.45, 2.75) is 56.3 Å². The molecule has 0 aliphatic carbocycles. The molecule has 226 valence electrons. The Bertz CT molecular complexity index is 1310. The highest BCUT2D eigenvalue weighted by molar-refractivity contribution is 7.99. The highest BCUT2D eigenvalue weighted by atomic mass is 35.5. The van der Waals surface area contributed by atoms with Crippen molar-refractivity contribution >= 4 is 70.3 Å². The minimum atomic E-state index is -1.03. The minimum absolute atomic E-state index is 0.165. The van der Waals surface area contributed by atoms with Crippen LogP contribution in [0.2, 0.25) is 15.1 Å². The summed E-state index contributed by atoms with van der Waals surface area (Å²) in [7, 11) is 0. The summed E-state index contributed by atoms with van der Waals surface area (Å²) in [6.07, 6.45) is -2.82. The van der Waals surface area contributed by atoms with Gasteiger partial charge >= 0.3 is 17.9 Å². The molecule has 2 unspecified atom stereocenters. The molecule has 2 aromatic carbocycles. The molecule has 4 atom stereocenters. The summed E-state index contributed by atoms with van der Waals surface area (Å²) in [5, 5.41) is 1.11. The van der Waals surface area contributed by atoms with Crippen molar-refractivity contribution in [2.24, 2.45) is 0 Å². The van der Waals surface area contributed by atoms with Gasteiger partial charge in [0, 0.05) is 36.3 Å². The van der Waals surface area contributed by atoms with E-state index in [0.717, 1.165) is 11.8 Å². The summed E-state index contributed by atoms with van der Waals surface area (Å²) in [6.45, 7) is 4.64. The smallest absolute Gasteiger partial charge is 0.303 e. The Morgan fingerprint density at radius 1 is 0.833 bits per heavy atom. The molecular formula is C29H29Cl3O9S. The number of hydrogen-bond acceptors (Lipinski definition) is 10. The topological polar surface area (TPSA) is 114 Å². The first kappa shape index (κ1) is 35.4. The summed E-state index contributed by atoms with van der Waals surface area (Å²) in [4.78, 5) is 48.1. The summed E-state index contributed by atoms with van der Waals surface area (Å²) in [5.41, 5.74) is -0.606. The zero-order chi connectivity index (χ0) is 31.2. The van der Waals surface area contributed by atoms with Gasteiger partial charge < -0.3 is 23.7 Å². The average molecular weight is 660 g/mol. The molecule has 0 aromatic heterocycles. The normalized spacial score (nSPS) is 13.5. The maximum absolute atomic E-state index is 12.3. The number of halogens is 3. The summed E-state index contributed by atoms with van der Waals surface area (Å²) in [6, 6.07) is 11.2. The fraction of sp³-hybridized carbons (Fsp3) is 0.379. The van der Waals surface area contributed by atoms with Gasteiger partial charge in [-0.3, -0.25) is 19.2 Å². The first-order valence-corrected chi connectivity index (χ1v) is 14.5. The van der Waals surface area contributed by atoms with Crippen molar-refractivity contribution in [3.8, 4) is 11.8 Å². The maximum atomic E-state index is 12.3. The van der Waals surface area contributed by atoms with Gasteiger partial charge in [0.05, 0.1) is 16.7 Å². The molecule has 0 amide bonds. The number of esters is 3. The summed E-state index contributed by atoms with van der Waals surface area (Å²) < 4.78 is 27.8. The van der Waals surface area contributed by atoms with Crippen LogP contribution in [0.3, 0.4) is 0 Å². The fourth-order valence-corrected chi connectivity index (χ4v) is 4.84. The molecule has 0 aliphatic heterocycles. The Kier molecular flexibility index (Phi) is 15.2. The maximum Gasteiger partial charge on any atom is 0.303 e. The molecule has 2 aromatic rings. The third-order valence-electron chi connectivity index (χ3n) is 5.16. The highest BCUT2D eigenvalue weighted by Crippen LogP contribution is 2.34. The van der Waals surface area contributed by atoms with E-state index in [1.165, 1.54) is 20.8 Å². The average Bonchev–Trinajstić information content (AvgIpc) is 2.91. The van der Waals surface area contributed by atoms with Crippen LogP contribution in [-0.2, 0) is 38.1 Å². The van der Waals surface area contributed by atoms with Crippen LogP contribution in [0, 0.1) is 11.8 Å². The Balaban J connectivity index is 2.27. The molecule has 42 heavy (non-hydrogen) atoms. The predicted octanol–water partition coefficient (Wildman–Crippen LogP) is 5.80. The second-order valence-corrected chi connectivity index (χ2v) is 11.1. The Morgan fingerprint density at radius 2 is 1.50 bits per heavy atom. The van der Waals surface area contributed by atoms with Crippen LogP contribution in [0.5, 0.6) is 0 Å². The van der Waals surface area contributed by atoms with Crippen LogP contribution in [0.4, 0.5) is 0 Å². The van der Waals surface area contributed by atoms with Crippen molar-refractivity contribution in [3.05, 3.63) is 63.1 Å². The number of hydrogen-bond donors (Lipinski definition) is 0. The van der Waals surface area contributed by atoms with Crippen molar-refractivity contribution in [3.63, 3.8) is 0 Å². The molecule has 2 rings (SSSR count). The zero-order valence-corrected chi connectivity index (χ0v) is 26.3. The molecule has 0 bridgehead atoms. The van der Waals surface area contributed by atoms with E-state index in [4.69, 9.17) is 58.5 Å². The van der Waals surface area contributed by atoms with Crippen LogP contribution in [0.15, 0.2) is 47.4 Å². The van der Waals surface area contributed by atoms with Crippen LogP contribution >= 0.6 is 46.6 Å². The third-order valence-corrected chi connectivity index (χ3v) is 7.33. The van der Waals surface area contributed by atoms with Crippen molar-refractivity contribution in [1.29, 1.82) is 0 Å². The second kappa shape index (κ2) is 18.0. The van der Waals surface area contributed by atoms with Gasteiger partial charge in [-0.25, -0.2) is 0 Å². The van der Waals surface area contributed by atoms with E-state index in [1.807, 2.05) is 0 Å². The van der Waals surface area contributed by atoms with E-state index in [9.17, 15) is 19.2 Å². The van der Waals surface area contributed by atoms with E-state index >= 15 is 0 Å². The lowest BCUT2D eigenvalue weighted by molar-refractivity contribution is -0.173. The van der Waals surface area contributed by atoms with Gasteiger partial charge in [-0.05, 0) is 55.3 Å². The number of ketones is 1. The van der Waals surface area contributed by atoms with E-state index in [0.29, 0.717) is 20.5 Å². The molecule has 0 spiro atoms. The lowest BCUT2D eigenvalue weighted by Crippen LogP contribution is -2.43. The largest absolute Gasteiger partial charge is 0.463 e. The number of carbonyl (C=O) groups excluding carboxylic acids is 4. The van der Waals surface area contributed by atoms with E-state index in [2.05, 4.69) is 11.8 Å². The predicted molar refractivity (Wildman–Crippen MR) is 159 cm³/mol. The fourth-order valence-electron chi connectivity index (χ4n) is 3.27. The molecule has 9 nitrogen and oxygen atoms in total. The van der Waals surface area contributed by atoms with Crippen LogP contribution < -0.4 is 0 Å². The first-order valence-electron chi connectivity index (χ1n) is 12.5. The first-order chi connectivity index (χ1) is 19.8. The molecule has 0 aliphatic rings. The number of benzene rings is 2. The minimum Gasteiger partial charge on any atom is -0.463 e. The van der Waals surface area contributed by atoms with Gasteiger partial charge in [0.25, 0.3) is 0 Å². The number of Topliss-reactive ketones (excluding diaryl/α,β-unsaturated/α-hetero) is 1. The van der Waals surface area contributed by atoms with Gasteiger partial charge in [-0.2, -0.15) is 0 Å². The van der Waals surface area contributed by atoms with Gasteiger partial charge in [-0.15, -0.1) is 0 Å². The Labute approximate surface area is 263 Å². The lowest BCUT2D eigenvalue weighted by Gasteiger charge is -2.32. The summed E-state index contributed by atoms with van der Waals surface area (Å²) in [5.74, 6) is 2.93. The number of thioether (sulfide) groups is 1. The van der Waals surface area contributed by atoms with Crippen molar-refractivity contribution < 1.29 is 42.9 Å². The van der Waals surface area contributed by atoms with Crippen LogP contribution in [0.25, 0.3) is 0 Å². The second-order valence-electron chi connectivity index (χ2n) is 8.65. The Hall–Kier alpha value is -2.78. The summed E-state index contributed by atoms with van der Waals surface area (Å²) >= 11 is 19.2. The van der Waals surface area contributed by atoms with Gasteiger partial charge in [0.1, 0.15) is 30.9 Å². The highest BCUT2D eigenvalue weighted by Gasteiger charge is 2.33. The lowest BCUT2D eigenvalue weighted by atomic mass is 10.1. The van der Waals surface area contributed by atoms with E-state index < -0.39 is 47.4 Å². The van der Waals surface area contributed by atoms with Crippen LogP contribution in [0.1, 0.15) is 38.1 Å². The van der Waals surface area contributed by atoms with Gasteiger partial charge in [0.2, 0.25) is 5.78 Å². The van der Waals surface area contributed by atoms with Gasteiger partial charge in [-0.1, -0.05) is 52.5 Å². The molecular weight excluding hydrogens is 631 g/mol. The SMILES string of the molecule is CC(=O)OCC(OC(Sc1ccc(Cl)c(Cl)c1)[C@H](COCC#CC(=O)c1ccc(Cl)cc1)OC(C)=O)[C@@H](C)OC(C)=O. The van der Waals surface area contributed by atoms with E-state index in [-0.39, 0.29) is 24.8 Å². The molecule has 13 heteroatoms. The van der Waals surface area contributed by atoms with Crippen LogP contribution in [-0.4, -0.2) is 67.3 Å². The Morgan fingerprint density at radius 3 is 2.10 bits per heavy atom. The third kappa shape index (κ3) is 13.0. The molecule has 0 heterocycles. The number of ether oxygens (including phenoxy) is 5. The van der Waals surface area contributed by atoms with E-state index in [1.54, 1.807) is 49.4 Å². The quantitative estimate of drug-likeness (QED) is 0.0360. The molecule has 0 saturated heterocycles. The standard InChI is InChI=1S/C29H29Cl3O9S/c1-17(39-19(3)34)27(16-38-18(2)33)41-29(42-23-11-12-24(31)25(32)14-23)28(40-20(4)35)15-37-13-5-6-26(36)21-7-9-22(30)10-8-21/h7-12,14,17,27-29H,13,15-16H2,1-4H3/t17-,27?,28+,29?/m1/s1. The monoisotopic (exact) mass is 658 g/mol. The molecule has 0 saturated carbocycles. The molecule has 0 radical (unpaired) electrons. The van der Waals surface area contributed by atoms with Crippen molar-refractivity contribution in [2.75, 3.05) is 19.8 Å². The van der Waals surface area contributed by atoms with Gasteiger partial charge in [0.15, 0.2) is 6.10 Å². The molecule has 0 N–H and O–H groups in total. The number of carbonyl (C=O) groups is 4.